The Balaban J connectivity index is 1.68. The molecule has 3 atom stereocenters. The van der Waals surface area contributed by atoms with Crippen molar-refractivity contribution in [2.45, 2.75) is 63.8 Å². The van der Waals surface area contributed by atoms with E-state index in [1.165, 1.54) is 6.07 Å². The molecule has 2 bridgehead atoms. The van der Waals surface area contributed by atoms with Gasteiger partial charge in [-0.3, -0.25) is 9.59 Å². The minimum absolute atomic E-state index is 0.0508. The largest absolute Gasteiger partial charge is 0.448 e. The van der Waals surface area contributed by atoms with Gasteiger partial charge < -0.3 is 9.47 Å². The Bertz CT molecular complexity index is 1210. The topological polar surface area (TPSA) is 72.9 Å². The molecule has 2 heterocycles. The van der Waals surface area contributed by atoms with Crippen LogP contribution in [0.5, 0.6) is 0 Å². The number of rotatable bonds is 1. The molecule has 1 aromatic rings. The smallest absolute Gasteiger partial charge is 0.445 e. The number of esters is 1. The number of ether oxygens (including phenoxy) is 2. The average Bonchev–Trinajstić information content (AvgIpc) is 3.52. The monoisotopic (exact) mass is 495 g/mol. The molecular weight excluding hydrogens is 475 g/mol. The van der Waals surface area contributed by atoms with Crippen molar-refractivity contribution < 1.29 is 37.0 Å². The van der Waals surface area contributed by atoms with Crippen molar-refractivity contribution in [2.24, 2.45) is 16.7 Å². The average molecular weight is 496 g/mol. The molecule has 0 radical (unpaired) electrons. The van der Waals surface area contributed by atoms with Crippen LogP contribution in [0.3, 0.4) is 0 Å². The van der Waals surface area contributed by atoms with Crippen LogP contribution in [0.15, 0.2) is 18.2 Å². The molecule has 2 saturated carbocycles. The molecule has 2 aliphatic heterocycles. The zero-order valence-corrected chi connectivity index (χ0v) is 19.4. The highest BCUT2D eigenvalue weighted by Gasteiger charge is 2.77. The van der Waals surface area contributed by atoms with Gasteiger partial charge in [-0.15, -0.1) is 0 Å². The van der Waals surface area contributed by atoms with Crippen molar-refractivity contribution in [2.75, 3.05) is 4.90 Å². The maximum atomic E-state index is 14.5. The summed E-state index contributed by atoms with van der Waals surface area (Å²) in [6.45, 7) is 5.05. The molecule has 3 fully saturated rings. The second kappa shape index (κ2) is 6.69. The van der Waals surface area contributed by atoms with E-state index in [9.17, 15) is 27.6 Å². The number of imide groups is 1. The van der Waals surface area contributed by atoms with Gasteiger partial charge in [0.2, 0.25) is 0 Å². The zero-order chi connectivity index (χ0) is 24.9. The fourth-order valence-corrected chi connectivity index (χ4v) is 5.39. The SMILES string of the molecule is CC12CC[C@](C(=O)N3C(=O)OC(C#CC4CC4)(C(F)(F)F)c4cc(Cl)ccc43)(OC1=O)C2(C)C. The summed E-state index contributed by atoms with van der Waals surface area (Å²) in [6.07, 6.45) is -4.88. The van der Waals surface area contributed by atoms with Gasteiger partial charge in [0.15, 0.2) is 5.60 Å². The number of hydrogen-bond donors (Lipinski definition) is 0. The van der Waals surface area contributed by atoms with Gasteiger partial charge in [-0.2, -0.15) is 13.2 Å². The number of hydrogen-bond acceptors (Lipinski definition) is 5. The lowest BCUT2D eigenvalue weighted by molar-refractivity contribution is -0.240. The molecule has 1 aromatic carbocycles. The van der Waals surface area contributed by atoms with Crippen LogP contribution in [-0.4, -0.2) is 29.7 Å². The molecule has 0 N–H and O–H groups in total. The summed E-state index contributed by atoms with van der Waals surface area (Å²) in [6, 6.07) is 3.43. The number of amides is 2. The van der Waals surface area contributed by atoms with Crippen molar-refractivity contribution in [1.29, 1.82) is 0 Å². The van der Waals surface area contributed by atoms with E-state index in [0.717, 1.165) is 12.1 Å². The molecule has 180 valence electrons. The maximum Gasteiger partial charge on any atom is 0.445 e. The first-order valence-corrected chi connectivity index (χ1v) is 11.3. The highest BCUT2D eigenvalue weighted by atomic mass is 35.5. The third-order valence-corrected chi connectivity index (χ3v) is 8.30. The Labute approximate surface area is 198 Å². The van der Waals surface area contributed by atoms with Crippen LogP contribution in [0.2, 0.25) is 5.02 Å². The summed E-state index contributed by atoms with van der Waals surface area (Å²) in [5.74, 6) is 2.93. The Kier molecular flexibility index (Phi) is 4.53. The van der Waals surface area contributed by atoms with Gasteiger partial charge in [-0.05, 0) is 56.7 Å². The molecule has 34 heavy (non-hydrogen) atoms. The van der Waals surface area contributed by atoms with E-state index in [0.29, 0.717) is 24.2 Å². The van der Waals surface area contributed by atoms with Crippen LogP contribution in [-0.2, 0) is 24.7 Å². The second-order valence-electron chi connectivity index (χ2n) is 10.1. The van der Waals surface area contributed by atoms with Gasteiger partial charge in [-0.25, -0.2) is 9.69 Å². The summed E-state index contributed by atoms with van der Waals surface area (Å²) in [5.41, 5.74) is -7.93. The van der Waals surface area contributed by atoms with Gasteiger partial charge in [0.1, 0.15) is 0 Å². The van der Waals surface area contributed by atoms with E-state index < -0.39 is 51.7 Å². The summed E-state index contributed by atoms with van der Waals surface area (Å²) in [7, 11) is 0. The number of carbonyl (C=O) groups excluding carboxylic acids is 3. The van der Waals surface area contributed by atoms with Gasteiger partial charge in [0.05, 0.1) is 11.1 Å². The molecule has 0 spiro atoms. The number of nitrogens with zero attached hydrogens (tertiary/aromatic N) is 1. The highest BCUT2D eigenvalue weighted by Crippen LogP contribution is 2.66. The predicted octanol–water partition coefficient (Wildman–Crippen LogP) is 5.12. The minimum atomic E-state index is -5.11. The van der Waals surface area contributed by atoms with Crippen molar-refractivity contribution >= 4 is 35.3 Å². The first-order valence-electron chi connectivity index (χ1n) is 10.9. The first kappa shape index (κ1) is 23.0. The number of cyclic esters (lactones) is 1. The highest BCUT2D eigenvalue weighted by molar-refractivity contribution is 6.31. The lowest BCUT2D eigenvalue weighted by Crippen LogP contribution is -2.61. The quantitative estimate of drug-likeness (QED) is 0.399. The number of alkyl halides is 3. The molecule has 0 aromatic heterocycles. The van der Waals surface area contributed by atoms with Crippen molar-refractivity contribution in [3.8, 4) is 11.8 Å². The molecule has 10 heteroatoms. The molecule has 2 aliphatic carbocycles. The van der Waals surface area contributed by atoms with E-state index in [1.807, 2.05) is 0 Å². The van der Waals surface area contributed by atoms with E-state index in [-0.39, 0.29) is 23.0 Å². The van der Waals surface area contributed by atoms with E-state index in [2.05, 4.69) is 11.8 Å². The maximum absolute atomic E-state index is 14.5. The fourth-order valence-electron chi connectivity index (χ4n) is 5.22. The first-order chi connectivity index (χ1) is 15.7. The molecule has 2 unspecified atom stereocenters. The third-order valence-electron chi connectivity index (χ3n) is 8.06. The van der Waals surface area contributed by atoms with Gasteiger partial charge in [0, 0.05) is 21.9 Å². The molecule has 2 amide bonds. The second-order valence-corrected chi connectivity index (χ2v) is 10.5. The Hall–Kier alpha value is -2.73. The zero-order valence-electron chi connectivity index (χ0n) is 18.6. The fraction of sp³-hybridized carbons (Fsp3) is 0.542. The predicted molar refractivity (Wildman–Crippen MR) is 114 cm³/mol. The van der Waals surface area contributed by atoms with Crippen LogP contribution in [0.1, 0.15) is 52.0 Å². The molecule has 6 nitrogen and oxygen atoms in total. The molecular formula is C24H21ClF3NO5. The van der Waals surface area contributed by atoms with Crippen LogP contribution in [0, 0.1) is 28.6 Å². The van der Waals surface area contributed by atoms with Crippen LogP contribution < -0.4 is 4.90 Å². The number of halogens is 4. The van der Waals surface area contributed by atoms with E-state index in [1.54, 1.807) is 20.8 Å². The number of benzene rings is 1. The number of carbonyl (C=O) groups is 3. The summed E-state index contributed by atoms with van der Waals surface area (Å²) in [4.78, 5) is 40.2. The van der Waals surface area contributed by atoms with Crippen LogP contribution >= 0.6 is 11.6 Å². The van der Waals surface area contributed by atoms with Crippen LogP contribution in [0.25, 0.3) is 0 Å². The molecule has 5 rings (SSSR count). The van der Waals surface area contributed by atoms with Gasteiger partial charge >= 0.3 is 18.2 Å². The van der Waals surface area contributed by atoms with Gasteiger partial charge in [-0.1, -0.05) is 31.4 Å². The minimum Gasteiger partial charge on any atom is -0.448 e. The summed E-state index contributed by atoms with van der Waals surface area (Å²) in [5, 5.41) is -0.0508. The van der Waals surface area contributed by atoms with Gasteiger partial charge in [0.25, 0.3) is 11.5 Å². The summed E-state index contributed by atoms with van der Waals surface area (Å²) < 4.78 is 53.9. The van der Waals surface area contributed by atoms with Crippen molar-refractivity contribution in [3.63, 3.8) is 0 Å². The Morgan fingerprint density at radius 2 is 1.82 bits per heavy atom. The standard InChI is InChI=1S/C24H21ClF3NO5/c1-20(2)21(3)10-11-23(20,33-18(21)31)17(30)29-16-7-6-14(25)12-15(16)22(24(26,27)28,34-19(29)32)9-8-13-4-5-13/h6-7,12-13H,4-5,10-11H2,1-3H3/t21?,22?,23-/m1/s1. The molecule has 4 aliphatic rings. The third kappa shape index (κ3) is 2.69. The lowest BCUT2D eigenvalue weighted by atomic mass is 9.66. The van der Waals surface area contributed by atoms with Crippen molar-refractivity contribution in [3.05, 3.63) is 28.8 Å². The Morgan fingerprint density at radius 1 is 1.15 bits per heavy atom. The lowest BCUT2D eigenvalue weighted by Gasteiger charge is -2.43. The Morgan fingerprint density at radius 3 is 2.35 bits per heavy atom. The van der Waals surface area contributed by atoms with Crippen molar-refractivity contribution in [1.82, 2.24) is 0 Å². The van der Waals surface area contributed by atoms with E-state index >= 15 is 0 Å². The normalized spacial score (nSPS) is 33.6. The van der Waals surface area contributed by atoms with E-state index in [4.69, 9.17) is 21.1 Å². The van der Waals surface area contributed by atoms with Crippen LogP contribution in [0.4, 0.5) is 23.7 Å². The molecule has 1 saturated heterocycles. The summed E-state index contributed by atoms with van der Waals surface area (Å²) >= 11 is 6.04. The number of fused-ring (bicyclic) bond motifs is 3. The number of anilines is 1.